The number of fused-ring (bicyclic) bond motifs is 3. The molecule has 0 bridgehead atoms. The van der Waals surface area contributed by atoms with Gasteiger partial charge in [0.2, 0.25) is 5.91 Å². The topological polar surface area (TPSA) is 57.6 Å². The molecular weight excluding hydrogens is 432 g/mol. The van der Waals surface area contributed by atoms with Crippen LogP contribution in [-0.2, 0) is 11.3 Å². The number of hydrogen-bond donors (Lipinski definition) is 1. The normalized spacial score (nSPS) is 22.1. The maximum absolute atomic E-state index is 13.8. The highest BCUT2D eigenvalue weighted by atomic mass is 32.1. The number of amides is 2. The minimum absolute atomic E-state index is 0.00193. The van der Waals surface area contributed by atoms with Gasteiger partial charge < -0.3 is 19.7 Å². The van der Waals surface area contributed by atoms with Crippen LogP contribution in [0.3, 0.4) is 0 Å². The van der Waals surface area contributed by atoms with Gasteiger partial charge in [-0.15, -0.1) is 11.3 Å². The largest absolute Gasteiger partial charge is 0.351 e. The minimum Gasteiger partial charge on any atom is -0.351 e. The molecule has 1 N–H and O–H groups in total. The van der Waals surface area contributed by atoms with Gasteiger partial charge >= 0.3 is 0 Å². The molecule has 0 spiro atoms. The van der Waals surface area contributed by atoms with Gasteiger partial charge in [0.15, 0.2) is 0 Å². The van der Waals surface area contributed by atoms with Crippen molar-refractivity contribution in [2.75, 3.05) is 26.2 Å². The van der Waals surface area contributed by atoms with Gasteiger partial charge in [0.05, 0.1) is 16.8 Å². The fourth-order valence-corrected chi connectivity index (χ4v) is 6.26. The predicted molar refractivity (Wildman–Crippen MR) is 136 cm³/mol. The number of unbranched alkanes of at least 4 members (excludes halogenated alkanes) is 1. The first-order chi connectivity index (χ1) is 16.0. The van der Waals surface area contributed by atoms with E-state index in [0.29, 0.717) is 18.8 Å². The zero-order chi connectivity index (χ0) is 23.4. The molecule has 2 amide bonds. The molecular formula is C26H40N4O2S. The molecule has 4 rings (SSSR count). The van der Waals surface area contributed by atoms with Gasteiger partial charge in [0.25, 0.3) is 5.91 Å². The summed E-state index contributed by atoms with van der Waals surface area (Å²) < 4.78 is 3.19. The second-order valence-electron chi connectivity index (χ2n) is 9.97. The summed E-state index contributed by atoms with van der Waals surface area (Å²) in [6.45, 7) is 10.2. The van der Waals surface area contributed by atoms with Crippen LogP contribution < -0.4 is 5.32 Å². The van der Waals surface area contributed by atoms with Gasteiger partial charge in [-0.25, -0.2) is 0 Å². The number of likely N-dealkylation sites (N-methyl/N-ethyl adjacent to an activating group) is 1. The van der Waals surface area contributed by atoms with Gasteiger partial charge in [-0.05, 0) is 56.8 Å². The zero-order valence-corrected chi connectivity index (χ0v) is 21.4. The Labute approximate surface area is 202 Å². The van der Waals surface area contributed by atoms with Crippen molar-refractivity contribution in [1.82, 2.24) is 19.7 Å². The lowest BCUT2D eigenvalue weighted by atomic mass is 9.93. The quantitative estimate of drug-likeness (QED) is 0.529. The predicted octanol–water partition coefficient (Wildman–Crippen LogP) is 4.88. The van der Waals surface area contributed by atoms with Crippen molar-refractivity contribution in [1.29, 1.82) is 0 Å². The number of carbonyl (C=O) groups is 2. The Morgan fingerprint density at radius 2 is 1.97 bits per heavy atom. The summed E-state index contributed by atoms with van der Waals surface area (Å²) in [5.74, 6) is -0.0169. The van der Waals surface area contributed by atoms with E-state index in [2.05, 4.69) is 40.1 Å². The number of carbonyl (C=O) groups excluding carboxylic acids is 2. The summed E-state index contributed by atoms with van der Waals surface area (Å²) in [6.07, 6.45) is 9.24. The Balaban J connectivity index is 1.60. The molecule has 7 heteroatoms. The van der Waals surface area contributed by atoms with Crippen molar-refractivity contribution >= 4 is 33.4 Å². The summed E-state index contributed by atoms with van der Waals surface area (Å²) in [5.41, 5.74) is 0.886. The van der Waals surface area contributed by atoms with Crippen molar-refractivity contribution in [3.63, 3.8) is 0 Å². The van der Waals surface area contributed by atoms with Gasteiger partial charge in [-0.3, -0.25) is 9.59 Å². The Kier molecular flexibility index (Phi) is 7.80. The standard InChI is InChI=1S/C26H40N4O2S/c1-4-6-14-28(5-2)15-16-30-24(31)22-18-23-21(13-17-33-23)29(22)19-26(30,3)25(32)27-20-11-9-7-8-10-12-20/h13,17-18,20H,4-12,14-16,19H2,1-3H3,(H,27,32). The van der Waals surface area contributed by atoms with Crippen LogP contribution in [0.1, 0.15) is 82.6 Å². The SMILES string of the molecule is CCCCN(CC)CCN1C(=O)c2cc3sccc3n2CC1(C)C(=O)NC1CCCCCC1. The molecule has 33 heavy (non-hydrogen) atoms. The average molecular weight is 473 g/mol. The summed E-state index contributed by atoms with van der Waals surface area (Å²) in [4.78, 5) is 31.9. The van der Waals surface area contributed by atoms with Crippen LogP contribution >= 0.6 is 11.3 Å². The zero-order valence-electron chi connectivity index (χ0n) is 20.6. The molecule has 2 aliphatic rings. The molecule has 2 aromatic rings. The van der Waals surface area contributed by atoms with E-state index in [9.17, 15) is 9.59 Å². The Morgan fingerprint density at radius 3 is 2.67 bits per heavy atom. The van der Waals surface area contributed by atoms with E-state index in [1.54, 1.807) is 11.3 Å². The smallest absolute Gasteiger partial charge is 0.271 e. The number of nitrogens with zero attached hydrogens (tertiary/aromatic N) is 3. The van der Waals surface area contributed by atoms with E-state index < -0.39 is 5.54 Å². The molecule has 182 valence electrons. The van der Waals surface area contributed by atoms with Crippen LogP contribution in [0.2, 0.25) is 0 Å². The molecule has 1 atom stereocenters. The molecule has 2 aromatic heterocycles. The third-order valence-corrected chi connectivity index (χ3v) is 8.50. The molecule has 0 radical (unpaired) electrons. The van der Waals surface area contributed by atoms with Crippen LogP contribution in [0.15, 0.2) is 17.5 Å². The van der Waals surface area contributed by atoms with Crippen LogP contribution in [0.4, 0.5) is 0 Å². The van der Waals surface area contributed by atoms with Gasteiger partial charge in [0, 0.05) is 19.1 Å². The van der Waals surface area contributed by atoms with Gasteiger partial charge in [-0.2, -0.15) is 0 Å². The van der Waals surface area contributed by atoms with Crippen LogP contribution in [-0.4, -0.2) is 63.9 Å². The summed E-state index contributed by atoms with van der Waals surface area (Å²) >= 11 is 1.65. The first kappa shape index (κ1) is 24.3. The van der Waals surface area contributed by atoms with E-state index >= 15 is 0 Å². The van der Waals surface area contributed by atoms with Crippen molar-refractivity contribution in [2.24, 2.45) is 0 Å². The number of thiophene rings is 1. The second kappa shape index (κ2) is 10.6. The van der Waals surface area contributed by atoms with E-state index in [0.717, 1.165) is 55.5 Å². The third-order valence-electron chi connectivity index (χ3n) is 7.64. The second-order valence-corrected chi connectivity index (χ2v) is 10.9. The van der Waals surface area contributed by atoms with E-state index in [1.165, 1.54) is 25.7 Å². The van der Waals surface area contributed by atoms with Crippen molar-refractivity contribution in [3.8, 4) is 0 Å². The molecule has 6 nitrogen and oxygen atoms in total. The highest BCUT2D eigenvalue weighted by Gasteiger charge is 2.48. The summed E-state index contributed by atoms with van der Waals surface area (Å²) in [6, 6.07) is 4.30. The molecule has 1 fully saturated rings. The first-order valence-electron chi connectivity index (χ1n) is 12.9. The fourth-order valence-electron chi connectivity index (χ4n) is 5.44. The van der Waals surface area contributed by atoms with E-state index in [1.807, 2.05) is 17.9 Å². The minimum atomic E-state index is -0.894. The lowest BCUT2D eigenvalue weighted by molar-refractivity contribution is -0.133. The maximum atomic E-state index is 13.8. The number of aromatic nitrogens is 1. The Bertz CT molecular complexity index is 959. The van der Waals surface area contributed by atoms with Crippen molar-refractivity contribution in [3.05, 3.63) is 23.2 Å². The molecule has 1 aliphatic heterocycles. The molecule has 0 aromatic carbocycles. The van der Waals surface area contributed by atoms with Crippen molar-refractivity contribution < 1.29 is 9.59 Å². The van der Waals surface area contributed by atoms with Crippen molar-refractivity contribution in [2.45, 2.75) is 90.3 Å². The molecule has 1 aliphatic carbocycles. The molecule has 1 saturated carbocycles. The average Bonchev–Trinajstić information content (AvgIpc) is 3.30. The molecule has 3 heterocycles. The highest BCUT2D eigenvalue weighted by Crippen LogP contribution is 2.34. The summed E-state index contributed by atoms with van der Waals surface area (Å²) in [7, 11) is 0. The lowest BCUT2D eigenvalue weighted by Crippen LogP contribution is -2.65. The number of rotatable bonds is 9. The molecule has 1 unspecified atom stereocenters. The van der Waals surface area contributed by atoms with Crippen LogP contribution in [0.5, 0.6) is 0 Å². The highest BCUT2D eigenvalue weighted by molar-refractivity contribution is 7.17. The number of hydrogen-bond acceptors (Lipinski definition) is 4. The Hall–Kier alpha value is -1.86. The fraction of sp³-hybridized carbons (Fsp3) is 0.692. The monoisotopic (exact) mass is 472 g/mol. The van der Waals surface area contributed by atoms with Crippen LogP contribution in [0, 0.1) is 0 Å². The first-order valence-corrected chi connectivity index (χ1v) is 13.8. The maximum Gasteiger partial charge on any atom is 0.271 e. The number of nitrogens with one attached hydrogen (secondary N) is 1. The van der Waals surface area contributed by atoms with E-state index in [-0.39, 0.29) is 17.9 Å². The lowest BCUT2D eigenvalue weighted by Gasteiger charge is -2.45. The molecule has 0 saturated heterocycles. The van der Waals surface area contributed by atoms with Gasteiger partial charge in [-0.1, -0.05) is 46.0 Å². The third kappa shape index (κ3) is 4.99. The van der Waals surface area contributed by atoms with Crippen LogP contribution in [0.25, 0.3) is 10.2 Å². The Morgan fingerprint density at radius 1 is 1.21 bits per heavy atom. The van der Waals surface area contributed by atoms with E-state index in [4.69, 9.17) is 0 Å². The summed E-state index contributed by atoms with van der Waals surface area (Å²) in [5, 5.41) is 5.42. The van der Waals surface area contributed by atoms with Gasteiger partial charge in [0.1, 0.15) is 11.2 Å².